The molecule has 2 heterocycles. The highest BCUT2D eigenvalue weighted by atomic mass is 16.6. The molecule has 2 N–H and O–H groups in total. The van der Waals surface area contributed by atoms with Crippen LogP contribution in [-0.4, -0.2) is 28.4 Å². The molecule has 2 aromatic rings. The first-order valence-corrected chi connectivity index (χ1v) is 8.04. The van der Waals surface area contributed by atoms with E-state index >= 15 is 0 Å². The van der Waals surface area contributed by atoms with Gasteiger partial charge >= 0.3 is 0 Å². The third-order valence-corrected chi connectivity index (χ3v) is 4.47. The highest BCUT2D eigenvalue weighted by Gasteiger charge is 2.26. The SMILES string of the molecule is N#Cc1cc(N2CCCC[C@@H]2CC(N)=O)nc2ccc([N+](=O)[O-])cc12. The third-order valence-electron chi connectivity index (χ3n) is 4.47. The van der Waals surface area contributed by atoms with Gasteiger partial charge in [-0.2, -0.15) is 5.26 Å². The van der Waals surface area contributed by atoms with Gasteiger partial charge in [-0.1, -0.05) is 0 Å². The lowest BCUT2D eigenvalue weighted by Gasteiger charge is -2.36. The molecule has 1 amide bonds. The summed E-state index contributed by atoms with van der Waals surface area (Å²) in [5.74, 6) is 0.234. The lowest BCUT2D eigenvalue weighted by Crippen LogP contribution is -2.42. The quantitative estimate of drug-likeness (QED) is 0.672. The summed E-state index contributed by atoms with van der Waals surface area (Å²) in [6.07, 6.45) is 3.06. The van der Waals surface area contributed by atoms with Crippen LogP contribution in [0.5, 0.6) is 0 Å². The van der Waals surface area contributed by atoms with Crippen molar-refractivity contribution in [3.05, 3.63) is 39.9 Å². The molecule has 0 unspecified atom stereocenters. The van der Waals surface area contributed by atoms with E-state index in [4.69, 9.17) is 5.73 Å². The maximum atomic E-state index is 11.3. The molecule has 0 aliphatic carbocycles. The number of nitrogens with two attached hydrogens (primary N) is 1. The van der Waals surface area contributed by atoms with Crippen molar-refractivity contribution < 1.29 is 9.72 Å². The number of nitro benzene ring substituents is 1. The number of carbonyl (C=O) groups excluding carboxylic acids is 1. The minimum Gasteiger partial charge on any atom is -0.370 e. The van der Waals surface area contributed by atoms with Crippen LogP contribution in [0.2, 0.25) is 0 Å². The summed E-state index contributed by atoms with van der Waals surface area (Å²) >= 11 is 0. The van der Waals surface area contributed by atoms with Crippen molar-refractivity contribution in [3.63, 3.8) is 0 Å². The second-order valence-corrected chi connectivity index (χ2v) is 6.11. The summed E-state index contributed by atoms with van der Waals surface area (Å²) in [6.45, 7) is 0.730. The van der Waals surface area contributed by atoms with Crippen LogP contribution in [0.4, 0.5) is 11.5 Å². The summed E-state index contributed by atoms with van der Waals surface area (Å²) in [5.41, 5.74) is 6.12. The minimum absolute atomic E-state index is 0.0409. The Labute approximate surface area is 144 Å². The normalized spacial score (nSPS) is 17.2. The number of nitrogens with zero attached hydrogens (tertiary/aromatic N) is 4. The topological polar surface area (TPSA) is 126 Å². The largest absolute Gasteiger partial charge is 0.370 e. The number of fused-ring (bicyclic) bond motifs is 1. The number of benzene rings is 1. The molecule has 25 heavy (non-hydrogen) atoms. The van der Waals surface area contributed by atoms with Gasteiger partial charge in [-0.25, -0.2) is 4.98 Å². The summed E-state index contributed by atoms with van der Waals surface area (Å²) in [5, 5.41) is 20.9. The number of non-ortho nitro benzene ring substituents is 1. The standard InChI is InChI=1S/C17H17N5O3/c18-10-11-7-17(21-6-2-1-3-12(21)9-16(19)23)20-15-5-4-13(22(24)25)8-14(11)15/h4-5,7-8,12H,1-3,6,9H2,(H2,19,23)/t12-/m1/s1. The number of aromatic nitrogens is 1. The first-order valence-electron chi connectivity index (χ1n) is 8.04. The molecular weight excluding hydrogens is 322 g/mol. The number of anilines is 1. The van der Waals surface area contributed by atoms with Crippen molar-refractivity contribution in [1.29, 1.82) is 5.26 Å². The molecule has 0 radical (unpaired) electrons. The molecule has 0 bridgehead atoms. The molecule has 0 saturated carbocycles. The van der Waals surface area contributed by atoms with E-state index in [9.17, 15) is 20.2 Å². The van der Waals surface area contributed by atoms with E-state index in [0.717, 1.165) is 25.8 Å². The van der Waals surface area contributed by atoms with Crippen LogP contribution in [0.1, 0.15) is 31.2 Å². The van der Waals surface area contributed by atoms with Crippen LogP contribution in [0.15, 0.2) is 24.3 Å². The zero-order chi connectivity index (χ0) is 18.0. The number of primary amides is 1. The lowest BCUT2D eigenvalue weighted by molar-refractivity contribution is -0.384. The van der Waals surface area contributed by atoms with E-state index in [-0.39, 0.29) is 24.1 Å². The smallest absolute Gasteiger partial charge is 0.270 e. The molecule has 8 heteroatoms. The number of hydrogen-bond donors (Lipinski definition) is 1. The number of nitriles is 1. The van der Waals surface area contributed by atoms with Crippen molar-refractivity contribution in [2.45, 2.75) is 31.7 Å². The van der Waals surface area contributed by atoms with Gasteiger partial charge in [0.25, 0.3) is 5.69 Å². The predicted octanol–water partition coefficient (Wildman–Crippen LogP) is 2.25. The Morgan fingerprint density at radius 2 is 2.24 bits per heavy atom. The average molecular weight is 339 g/mol. The molecule has 8 nitrogen and oxygen atoms in total. The Morgan fingerprint density at radius 1 is 1.44 bits per heavy atom. The number of amides is 1. The zero-order valence-corrected chi connectivity index (χ0v) is 13.5. The monoisotopic (exact) mass is 339 g/mol. The average Bonchev–Trinajstić information content (AvgIpc) is 2.60. The number of carbonyl (C=O) groups is 1. The Kier molecular flexibility index (Phi) is 4.48. The van der Waals surface area contributed by atoms with E-state index in [1.807, 2.05) is 4.90 Å². The molecule has 1 atom stereocenters. The highest BCUT2D eigenvalue weighted by molar-refractivity contribution is 5.88. The third kappa shape index (κ3) is 3.35. The van der Waals surface area contributed by atoms with Crippen LogP contribution >= 0.6 is 0 Å². The summed E-state index contributed by atoms with van der Waals surface area (Å²) in [7, 11) is 0. The fourth-order valence-corrected chi connectivity index (χ4v) is 3.30. The molecule has 0 spiro atoms. The fourth-order valence-electron chi connectivity index (χ4n) is 3.30. The van der Waals surface area contributed by atoms with Crippen LogP contribution in [0.25, 0.3) is 10.9 Å². The van der Waals surface area contributed by atoms with Crippen LogP contribution in [0, 0.1) is 21.4 Å². The van der Waals surface area contributed by atoms with E-state index in [0.29, 0.717) is 22.3 Å². The van der Waals surface area contributed by atoms with E-state index in [1.54, 1.807) is 12.1 Å². The number of pyridine rings is 1. The Balaban J connectivity index is 2.07. The molecule has 1 aromatic carbocycles. The van der Waals surface area contributed by atoms with Crippen LogP contribution in [0.3, 0.4) is 0 Å². The second kappa shape index (κ2) is 6.73. The molecule has 1 aromatic heterocycles. The molecule has 1 saturated heterocycles. The van der Waals surface area contributed by atoms with E-state index < -0.39 is 4.92 Å². The second-order valence-electron chi connectivity index (χ2n) is 6.11. The van der Waals surface area contributed by atoms with Gasteiger partial charge in [0.2, 0.25) is 5.91 Å². The summed E-state index contributed by atoms with van der Waals surface area (Å²) in [4.78, 5) is 28.4. The Hall–Kier alpha value is -3.21. The number of hydrogen-bond acceptors (Lipinski definition) is 6. The first kappa shape index (κ1) is 16.6. The maximum absolute atomic E-state index is 11.3. The van der Waals surface area contributed by atoms with Crippen molar-refractivity contribution in [2.24, 2.45) is 5.73 Å². The molecule has 1 aliphatic heterocycles. The fraction of sp³-hybridized carbons (Fsp3) is 0.353. The van der Waals surface area contributed by atoms with Gasteiger partial charge in [-0.15, -0.1) is 0 Å². The Morgan fingerprint density at radius 3 is 2.92 bits per heavy atom. The minimum atomic E-state index is -0.498. The zero-order valence-electron chi connectivity index (χ0n) is 13.5. The highest BCUT2D eigenvalue weighted by Crippen LogP contribution is 2.30. The van der Waals surface area contributed by atoms with Crippen LogP contribution in [-0.2, 0) is 4.79 Å². The maximum Gasteiger partial charge on any atom is 0.270 e. The lowest BCUT2D eigenvalue weighted by atomic mass is 9.98. The van der Waals surface area contributed by atoms with Gasteiger partial charge in [0.1, 0.15) is 5.82 Å². The van der Waals surface area contributed by atoms with Gasteiger partial charge in [0.15, 0.2) is 0 Å². The van der Waals surface area contributed by atoms with Crippen molar-refractivity contribution in [3.8, 4) is 6.07 Å². The van der Waals surface area contributed by atoms with E-state index in [1.165, 1.54) is 12.1 Å². The van der Waals surface area contributed by atoms with Crippen molar-refractivity contribution in [1.82, 2.24) is 4.98 Å². The predicted molar refractivity (Wildman–Crippen MR) is 91.9 cm³/mol. The molecule has 1 fully saturated rings. The van der Waals surface area contributed by atoms with Gasteiger partial charge in [0, 0.05) is 36.5 Å². The van der Waals surface area contributed by atoms with Gasteiger partial charge in [-0.3, -0.25) is 14.9 Å². The summed E-state index contributed by atoms with van der Waals surface area (Å²) < 4.78 is 0. The van der Waals surface area contributed by atoms with Gasteiger partial charge < -0.3 is 10.6 Å². The molecule has 3 rings (SSSR count). The molecule has 128 valence electrons. The van der Waals surface area contributed by atoms with Crippen LogP contribution < -0.4 is 10.6 Å². The van der Waals surface area contributed by atoms with Gasteiger partial charge in [0.05, 0.1) is 22.1 Å². The van der Waals surface area contributed by atoms with Crippen molar-refractivity contribution in [2.75, 3.05) is 11.4 Å². The number of rotatable bonds is 4. The Bertz CT molecular complexity index is 890. The van der Waals surface area contributed by atoms with E-state index in [2.05, 4.69) is 11.1 Å². The van der Waals surface area contributed by atoms with Gasteiger partial charge in [-0.05, 0) is 31.4 Å². The first-order chi connectivity index (χ1) is 12.0. The number of piperidine rings is 1. The molecule has 1 aliphatic rings. The van der Waals surface area contributed by atoms with Crippen molar-refractivity contribution >= 4 is 28.3 Å². The summed E-state index contributed by atoms with van der Waals surface area (Å²) in [6, 6.07) is 7.96. The molecular formula is C17H17N5O3. The number of nitro groups is 1.